The molecule has 4 rings (SSSR count). The molecule has 0 N–H and O–H groups in total. The van der Waals surface area contributed by atoms with Crippen LogP contribution in [0.4, 0.5) is 19.6 Å². The number of benzene rings is 2. The number of carbonyl (C=O) groups excluding carboxylic acids is 1. The van der Waals surface area contributed by atoms with Crippen LogP contribution < -0.4 is 4.90 Å². The molecule has 2 heterocycles. The molecule has 1 amide bonds. The van der Waals surface area contributed by atoms with Gasteiger partial charge in [-0.3, -0.25) is 14.3 Å². The lowest BCUT2D eigenvalue weighted by Crippen LogP contribution is -2.24. The van der Waals surface area contributed by atoms with Crippen molar-refractivity contribution in [2.75, 3.05) is 4.90 Å². The van der Waals surface area contributed by atoms with E-state index in [1.807, 2.05) is 38.3 Å². The van der Waals surface area contributed by atoms with E-state index in [4.69, 9.17) is 0 Å². The highest BCUT2D eigenvalue weighted by molar-refractivity contribution is 7.98. The highest BCUT2D eigenvalue weighted by atomic mass is 32.2. The van der Waals surface area contributed by atoms with Crippen LogP contribution >= 0.6 is 23.1 Å². The molecular weight excluding hydrogens is 450 g/mol. The summed E-state index contributed by atoms with van der Waals surface area (Å²) in [6.07, 6.45) is 0. The zero-order valence-corrected chi connectivity index (χ0v) is 19.7. The fourth-order valence-corrected chi connectivity index (χ4v) is 5.71. The monoisotopic (exact) mass is 472 g/mol. The minimum atomic E-state index is -2.68. The Kier molecular flexibility index (Phi) is 6.30. The number of amides is 1. The van der Waals surface area contributed by atoms with Crippen molar-refractivity contribution in [2.45, 2.75) is 45.2 Å². The molecule has 0 aliphatic rings. The van der Waals surface area contributed by atoms with Gasteiger partial charge in [0.2, 0.25) is 5.91 Å². The van der Waals surface area contributed by atoms with Crippen molar-refractivity contribution in [3.63, 3.8) is 0 Å². The Morgan fingerprint density at radius 2 is 1.84 bits per heavy atom. The fourth-order valence-electron chi connectivity index (χ4n) is 3.83. The molecule has 0 saturated carbocycles. The van der Waals surface area contributed by atoms with Crippen molar-refractivity contribution in [3.05, 3.63) is 64.2 Å². The molecule has 0 radical (unpaired) electrons. The molecule has 0 aliphatic heterocycles. The number of halogens is 2. The molecule has 166 valence electrons. The predicted molar refractivity (Wildman–Crippen MR) is 126 cm³/mol. The Morgan fingerprint density at radius 3 is 2.50 bits per heavy atom. The van der Waals surface area contributed by atoms with Crippen LogP contribution in [0.2, 0.25) is 0 Å². The molecule has 0 spiro atoms. The normalized spacial score (nSPS) is 11.5. The Hall–Kier alpha value is -2.78. The summed E-state index contributed by atoms with van der Waals surface area (Å²) in [5.41, 5.74) is 5.58. The number of aromatic nitrogens is 3. The van der Waals surface area contributed by atoms with E-state index in [-0.39, 0.29) is 11.1 Å². The first-order chi connectivity index (χ1) is 15.3. The lowest BCUT2D eigenvalue weighted by atomic mass is 10.0. The Morgan fingerprint density at radius 1 is 1.16 bits per heavy atom. The van der Waals surface area contributed by atoms with E-state index < -0.39 is 6.55 Å². The number of imidazole rings is 1. The lowest BCUT2D eigenvalue weighted by molar-refractivity contribution is -0.115. The van der Waals surface area contributed by atoms with Gasteiger partial charge >= 0.3 is 6.55 Å². The van der Waals surface area contributed by atoms with E-state index in [0.717, 1.165) is 26.9 Å². The second kappa shape index (κ2) is 8.99. The van der Waals surface area contributed by atoms with Gasteiger partial charge in [-0.2, -0.15) is 8.78 Å². The summed E-state index contributed by atoms with van der Waals surface area (Å²) in [6.45, 7) is 4.80. The first kappa shape index (κ1) is 22.4. The average molecular weight is 473 g/mol. The van der Waals surface area contributed by atoms with Gasteiger partial charge in [0.05, 0.1) is 22.4 Å². The zero-order valence-electron chi connectivity index (χ0n) is 18.1. The van der Waals surface area contributed by atoms with Crippen molar-refractivity contribution in [3.8, 4) is 0 Å². The van der Waals surface area contributed by atoms with Crippen molar-refractivity contribution in [1.82, 2.24) is 14.5 Å². The number of thioether (sulfide) groups is 1. The first-order valence-electron chi connectivity index (χ1n) is 9.97. The number of anilines is 2. The molecule has 0 aliphatic carbocycles. The molecule has 0 fully saturated rings. The van der Waals surface area contributed by atoms with Gasteiger partial charge < -0.3 is 0 Å². The van der Waals surface area contributed by atoms with E-state index in [1.54, 1.807) is 29.2 Å². The molecule has 32 heavy (non-hydrogen) atoms. The van der Waals surface area contributed by atoms with Gasteiger partial charge in [0.25, 0.3) is 0 Å². The van der Waals surface area contributed by atoms with Crippen molar-refractivity contribution in [2.24, 2.45) is 0 Å². The number of fused-ring (bicyclic) bond motifs is 1. The third-order valence-electron chi connectivity index (χ3n) is 5.01. The Bertz CT molecular complexity index is 1280. The number of para-hydroxylation sites is 2. The summed E-state index contributed by atoms with van der Waals surface area (Å²) >= 11 is 2.56. The lowest BCUT2D eigenvalue weighted by Gasteiger charge is -2.23. The third kappa shape index (κ3) is 4.27. The van der Waals surface area contributed by atoms with Gasteiger partial charge in [0.1, 0.15) is 0 Å². The highest BCUT2D eigenvalue weighted by Gasteiger charge is 2.23. The van der Waals surface area contributed by atoms with Crippen molar-refractivity contribution < 1.29 is 13.6 Å². The standard InChI is InChI=1S/C23H22F2N4OS2/c1-13-9-14(2)20(15(3)10-13)28(16(4)30)22-26-17(11-31-22)12-32-23-27-18-7-5-6-8-19(18)29(23)21(24)25/h5-11,21H,12H2,1-4H3. The maximum absolute atomic E-state index is 13.7. The van der Waals surface area contributed by atoms with Crippen molar-refractivity contribution in [1.29, 1.82) is 0 Å². The van der Waals surface area contributed by atoms with E-state index in [0.29, 0.717) is 27.6 Å². The third-order valence-corrected chi connectivity index (χ3v) is 6.87. The summed E-state index contributed by atoms with van der Waals surface area (Å²) < 4.78 is 28.3. The SMILES string of the molecule is CC(=O)N(c1nc(CSc2nc3ccccc3n2C(F)F)cs1)c1c(C)cc(C)cc1C. The maximum Gasteiger partial charge on any atom is 0.321 e. The van der Waals surface area contributed by atoms with Crippen LogP contribution in [0.5, 0.6) is 0 Å². The first-order valence-corrected chi connectivity index (χ1v) is 11.8. The van der Waals surface area contributed by atoms with E-state index in [9.17, 15) is 13.6 Å². The molecule has 0 atom stereocenters. The smallest absolute Gasteiger partial charge is 0.274 e. The highest BCUT2D eigenvalue weighted by Crippen LogP contribution is 2.36. The van der Waals surface area contributed by atoms with Gasteiger partial charge in [-0.15, -0.1) is 11.3 Å². The number of hydrogen-bond acceptors (Lipinski definition) is 5. The summed E-state index contributed by atoms with van der Waals surface area (Å²) in [4.78, 5) is 23.1. The molecule has 2 aromatic carbocycles. The van der Waals surface area contributed by atoms with Gasteiger partial charge in [-0.25, -0.2) is 9.97 Å². The molecule has 0 saturated heterocycles. The van der Waals surface area contributed by atoms with Crippen LogP contribution in [-0.2, 0) is 10.5 Å². The van der Waals surface area contributed by atoms with Crippen LogP contribution in [0.15, 0.2) is 46.9 Å². The average Bonchev–Trinajstić information content (AvgIpc) is 3.32. The number of rotatable bonds is 6. The largest absolute Gasteiger partial charge is 0.321 e. The van der Waals surface area contributed by atoms with Crippen LogP contribution in [0.3, 0.4) is 0 Å². The van der Waals surface area contributed by atoms with Crippen LogP contribution in [-0.4, -0.2) is 20.4 Å². The topological polar surface area (TPSA) is 51.0 Å². The van der Waals surface area contributed by atoms with Crippen LogP contribution in [0.25, 0.3) is 11.0 Å². The number of alkyl halides is 2. The molecule has 4 aromatic rings. The minimum absolute atomic E-state index is 0.131. The molecular formula is C23H22F2N4OS2. The summed E-state index contributed by atoms with van der Waals surface area (Å²) in [5, 5.41) is 2.65. The molecule has 2 aromatic heterocycles. The number of hydrogen-bond donors (Lipinski definition) is 0. The van der Waals surface area contributed by atoms with E-state index in [2.05, 4.69) is 9.97 Å². The van der Waals surface area contributed by atoms with E-state index >= 15 is 0 Å². The van der Waals surface area contributed by atoms with Crippen LogP contribution in [0, 0.1) is 20.8 Å². The summed E-state index contributed by atoms with van der Waals surface area (Å²) in [6, 6.07) is 10.9. The number of carbonyl (C=O) groups is 1. The quantitative estimate of drug-likeness (QED) is 0.290. The van der Waals surface area contributed by atoms with Gasteiger partial charge in [-0.1, -0.05) is 41.6 Å². The second-order valence-electron chi connectivity index (χ2n) is 7.54. The maximum atomic E-state index is 13.7. The zero-order chi connectivity index (χ0) is 23.0. The minimum Gasteiger partial charge on any atom is -0.274 e. The molecule has 0 bridgehead atoms. The van der Waals surface area contributed by atoms with Gasteiger partial charge in [-0.05, 0) is 44.0 Å². The predicted octanol–water partition coefficient (Wildman–Crippen LogP) is 6.79. The Labute approximate surface area is 193 Å². The molecule has 9 heteroatoms. The Balaban J connectivity index is 1.61. The van der Waals surface area contributed by atoms with E-state index in [1.165, 1.54) is 30.0 Å². The van der Waals surface area contributed by atoms with Crippen molar-refractivity contribution >= 4 is 50.9 Å². The number of aryl methyl sites for hydroxylation is 3. The van der Waals surface area contributed by atoms with Crippen LogP contribution in [0.1, 0.15) is 35.9 Å². The fraction of sp³-hybridized carbons (Fsp3) is 0.261. The number of thiazole rings is 1. The second-order valence-corrected chi connectivity index (χ2v) is 9.32. The van der Waals surface area contributed by atoms with Gasteiger partial charge in [0, 0.05) is 18.1 Å². The summed E-state index contributed by atoms with van der Waals surface area (Å²) in [7, 11) is 0. The van der Waals surface area contributed by atoms with Gasteiger partial charge in [0.15, 0.2) is 10.3 Å². The number of nitrogens with zero attached hydrogens (tertiary/aromatic N) is 4. The summed E-state index contributed by atoms with van der Waals surface area (Å²) in [5.74, 6) is 0.234. The molecule has 5 nitrogen and oxygen atoms in total. The molecule has 0 unspecified atom stereocenters.